The van der Waals surface area contributed by atoms with Crippen LogP contribution in [0.5, 0.6) is 17.0 Å². The molecule has 0 saturated carbocycles. The number of rotatable bonds is 7. The lowest BCUT2D eigenvalue weighted by Crippen LogP contribution is -1.96. The number of benzene rings is 2. The normalized spacial score (nSPS) is 11.3. The van der Waals surface area contributed by atoms with Crippen LogP contribution < -0.4 is 14.2 Å². The number of nitrogens with zero attached hydrogens (tertiary/aromatic N) is 5. The molecule has 0 amide bonds. The van der Waals surface area contributed by atoms with Gasteiger partial charge in [-0.3, -0.25) is 0 Å². The van der Waals surface area contributed by atoms with Gasteiger partial charge in [-0.1, -0.05) is 29.8 Å². The van der Waals surface area contributed by atoms with Crippen LogP contribution in [0.4, 0.5) is 0 Å². The van der Waals surface area contributed by atoms with Crippen LogP contribution in [0, 0.1) is 0 Å². The number of furan rings is 1. The highest BCUT2D eigenvalue weighted by atomic mass is 35.5. The van der Waals surface area contributed by atoms with E-state index in [2.05, 4.69) is 20.1 Å². The topological polar surface area (TPSA) is 96.8 Å². The van der Waals surface area contributed by atoms with E-state index in [-0.39, 0.29) is 0 Å². The Morgan fingerprint density at radius 2 is 1.89 bits per heavy atom. The van der Waals surface area contributed by atoms with E-state index in [4.69, 9.17) is 30.2 Å². The average Bonchev–Trinajstić information content (AvgIpc) is 3.60. The van der Waals surface area contributed by atoms with Crippen molar-refractivity contribution in [2.75, 3.05) is 14.2 Å². The Bertz CT molecular complexity index is 1660. The van der Waals surface area contributed by atoms with Gasteiger partial charge in [0.15, 0.2) is 5.76 Å². The van der Waals surface area contributed by atoms with E-state index in [1.54, 1.807) is 42.3 Å². The van der Waals surface area contributed by atoms with Crippen molar-refractivity contribution < 1.29 is 18.6 Å². The smallest absolute Gasteiger partial charge is 0.316 e. The van der Waals surface area contributed by atoms with Gasteiger partial charge in [0.2, 0.25) is 4.96 Å². The number of ether oxygens (including phenoxy) is 3. The second kappa shape index (κ2) is 9.14. The van der Waals surface area contributed by atoms with Crippen LogP contribution in [-0.4, -0.2) is 38.8 Å². The Kier molecular flexibility index (Phi) is 5.67. The molecule has 36 heavy (non-hydrogen) atoms. The molecular weight excluding hydrogens is 502 g/mol. The first-order valence-electron chi connectivity index (χ1n) is 10.8. The van der Waals surface area contributed by atoms with E-state index in [1.165, 1.54) is 18.4 Å². The molecule has 0 fully saturated rings. The van der Waals surface area contributed by atoms with E-state index in [9.17, 15) is 0 Å². The predicted octanol–water partition coefficient (Wildman–Crippen LogP) is 5.91. The molecule has 4 heterocycles. The second-order valence-corrected chi connectivity index (χ2v) is 9.15. The van der Waals surface area contributed by atoms with E-state index in [0.29, 0.717) is 50.6 Å². The van der Waals surface area contributed by atoms with Gasteiger partial charge >= 0.3 is 6.01 Å². The van der Waals surface area contributed by atoms with E-state index < -0.39 is 0 Å². The number of aromatic nitrogens is 5. The Labute approximate surface area is 213 Å². The molecular formula is C25H18ClN5O4S. The second-order valence-electron chi connectivity index (χ2n) is 7.80. The van der Waals surface area contributed by atoms with Crippen molar-refractivity contribution in [2.24, 2.45) is 0 Å². The van der Waals surface area contributed by atoms with E-state index >= 15 is 0 Å². The van der Waals surface area contributed by atoms with Gasteiger partial charge in [0.1, 0.15) is 23.6 Å². The van der Waals surface area contributed by atoms with Crippen LogP contribution in [0.25, 0.3) is 38.5 Å². The van der Waals surface area contributed by atoms with Crippen LogP contribution in [0.3, 0.4) is 0 Å². The van der Waals surface area contributed by atoms with Gasteiger partial charge in [0, 0.05) is 29.0 Å². The molecule has 0 N–H and O–H groups in total. The summed E-state index contributed by atoms with van der Waals surface area (Å²) in [7, 11) is 3.11. The van der Waals surface area contributed by atoms with Crippen LogP contribution in [-0.2, 0) is 6.61 Å². The van der Waals surface area contributed by atoms with Gasteiger partial charge in [-0.2, -0.15) is 0 Å². The minimum Gasteiger partial charge on any atom is -0.488 e. The highest BCUT2D eigenvalue weighted by Crippen LogP contribution is 2.37. The minimum atomic E-state index is 0.328. The van der Waals surface area contributed by atoms with Gasteiger partial charge in [0.25, 0.3) is 5.19 Å². The number of imidazole rings is 1. The minimum absolute atomic E-state index is 0.328. The maximum atomic E-state index is 6.36. The maximum Gasteiger partial charge on any atom is 0.316 e. The quantitative estimate of drug-likeness (QED) is 0.257. The molecule has 6 aromatic rings. The molecule has 0 atom stereocenters. The molecule has 9 nitrogen and oxygen atoms in total. The van der Waals surface area contributed by atoms with Crippen molar-refractivity contribution in [3.8, 4) is 39.5 Å². The van der Waals surface area contributed by atoms with Crippen molar-refractivity contribution >= 4 is 38.9 Å². The van der Waals surface area contributed by atoms with Crippen molar-refractivity contribution in [3.05, 3.63) is 71.6 Å². The zero-order chi connectivity index (χ0) is 24.6. The zero-order valence-electron chi connectivity index (χ0n) is 19.1. The van der Waals surface area contributed by atoms with Gasteiger partial charge in [-0.05, 0) is 40.7 Å². The highest BCUT2D eigenvalue weighted by Gasteiger charge is 2.17. The molecule has 0 bridgehead atoms. The summed E-state index contributed by atoms with van der Waals surface area (Å²) in [6.45, 7) is 0.338. The Hall–Kier alpha value is -4.15. The first kappa shape index (κ1) is 22.3. The lowest BCUT2D eigenvalue weighted by atomic mass is 10.1. The standard InChI is InChI=1S/C25H18ClN5O4S/c1-32-23-27-10-16(11-28-23)15-5-3-4-14(6-15)13-34-20-7-17(26)8-21-18(20)9-22(35-21)19-12-31-24(29-19)36-25(30-31)33-2/h3-12H,13H2,1-2H3. The Balaban J connectivity index is 1.27. The summed E-state index contributed by atoms with van der Waals surface area (Å²) in [4.78, 5) is 13.7. The fourth-order valence-corrected chi connectivity index (χ4v) is 4.67. The third kappa shape index (κ3) is 4.21. The molecule has 4 aromatic heterocycles. The summed E-state index contributed by atoms with van der Waals surface area (Å²) in [6, 6.07) is 13.8. The summed E-state index contributed by atoms with van der Waals surface area (Å²) in [5.41, 5.74) is 4.11. The largest absolute Gasteiger partial charge is 0.488 e. The van der Waals surface area contributed by atoms with Crippen molar-refractivity contribution in [1.82, 2.24) is 24.6 Å². The molecule has 0 aliphatic rings. The molecule has 0 spiro atoms. The highest BCUT2D eigenvalue weighted by molar-refractivity contribution is 7.18. The first-order chi connectivity index (χ1) is 17.6. The number of methoxy groups -OCH3 is 2. The molecule has 11 heteroatoms. The van der Waals surface area contributed by atoms with Crippen LogP contribution >= 0.6 is 22.9 Å². The average molecular weight is 520 g/mol. The molecule has 0 aliphatic heterocycles. The molecule has 0 saturated heterocycles. The van der Waals surface area contributed by atoms with E-state index in [1.807, 2.05) is 30.3 Å². The third-order valence-corrected chi connectivity index (χ3v) is 6.58. The van der Waals surface area contributed by atoms with Crippen LogP contribution in [0.1, 0.15) is 5.56 Å². The van der Waals surface area contributed by atoms with Crippen molar-refractivity contribution in [1.29, 1.82) is 0 Å². The predicted molar refractivity (Wildman–Crippen MR) is 136 cm³/mol. The lowest BCUT2D eigenvalue weighted by molar-refractivity contribution is 0.310. The number of halogens is 1. The van der Waals surface area contributed by atoms with Gasteiger partial charge in [-0.25, -0.2) is 19.5 Å². The van der Waals surface area contributed by atoms with Gasteiger partial charge in [0.05, 0.1) is 25.8 Å². The monoisotopic (exact) mass is 519 g/mol. The summed E-state index contributed by atoms with van der Waals surface area (Å²) in [5.74, 6) is 1.21. The molecule has 0 unspecified atom stereocenters. The molecule has 0 radical (unpaired) electrons. The fourth-order valence-electron chi connectivity index (χ4n) is 3.78. The van der Waals surface area contributed by atoms with Crippen LogP contribution in [0.15, 0.2) is 65.5 Å². The Morgan fingerprint density at radius 1 is 1.03 bits per heavy atom. The molecule has 6 rings (SSSR count). The summed E-state index contributed by atoms with van der Waals surface area (Å²) in [5, 5.41) is 6.17. The first-order valence-corrected chi connectivity index (χ1v) is 12.0. The zero-order valence-corrected chi connectivity index (χ0v) is 20.7. The Morgan fingerprint density at radius 3 is 2.67 bits per heavy atom. The van der Waals surface area contributed by atoms with Crippen molar-refractivity contribution in [3.63, 3.8) is 0 Å². The number of fused-ring (bicyclic) bond motifs is 2. The van der Waals surface area contributed by atoms with Gasteiger partial charge in [-0.15, -0.1) is 5.10 Å². The maximum absolute atomic E-state index is 6.36. The lowest BCUT2D eigenvalue weighted by Gasteiger charge is -2.09. The fraction of sp³-hybridized carbons (Fsp3) is 0.120. The molecule has 0 aliphatic carbocycles. The summed E-state index contributed by atoms with van der Waals surface area (Å²) < 4.78 is 24.1. The van der Waals surface area contributed by atoms with Gasteiger partial charge < -0.3 is 18.6 Å². The third-order valence-electron chi connectivity index (χ3n) is 5.48. The van der Waals surface area contributed by atoms with Crippen LogP contribution in [0.2, 0.25) is 5.02 Å². The summed E-state index contributed by atoms with van der Waals surface area (Å²) in [6.07, 6.45) is 5.25. The summed E-state index contributed by atoms with van der Waals surface area (Å²) >= 11 is 7.71. The number of hydrogen-bond acceptors (Lipinski definition) is 9. The van der Waals surface area contributed by atoms with Crippen molar-refractivity contribution in [2.45, 2.75) is 6.61 Å². The van der Waals surface area contributed by atoms with E-state index in [0.717, 1.165) is 22.1 Å². The molecule has 2 aromatic carbocycles. The SMILES string of the molecule is COc1ncc(-c2cccc(COc3cc(Cl)cc4oc(-c5cn6nc(OC)sc6n5)cc34)c2)cn1. The molecule has 180 valence electrons. The number of hydrogen-bond donors (Lipinski definition) is 0.